The van der Waals surface area contributed by atoms with E-state index in [1.807, 2.05) is 4.90 Å². The SMILES string of the molecule is CC1CCN(C(=O)NC2CCCC(C(=O)O)C2)CC1. The molecule has 2 N–H and O–H groups in total. The summed E-state index contributed by atoms with van der Waals surface area (Å²) in [6, 6.07) is 0.0182. The van der Waals surface area contributed by atoms with Gasteiger partial charge in [-0.1, -0.05) is 13.3 Å². The number of urea groups is 1. The number of piperidine rings is 1. The van der Waals surface area contributed by atoms with Gasteiger partial charge in [-0.3, -0.25) is 4.79 Å². The molecule has 0 spiro atoms. The number of nitrogens with one attached hydrogen (secondary N) is 1. The van der Waals surface area contributed by atoms with Crippen molar-refractivity contribution in [3.8, 4) is 0 Å². The van der Waals surface area contributed by atoms with E-state index in [-0.39, 0.29) is 18.0 Å². The van der Waals surface area contributed by atoms with E-state index in [1.165, 1.54) is 0 Å². The summed E-state index contributed by atoms with van der Waals surface area (Å²) in [6.45, 7) is 3.86. The summed E-state index contributed by atoms with van der Waals surface area (Å²) in [6.07, 6.45) is 5.23. The molecule has 0 aromatic rings. The van der Waals surface area contributed by atoms with Crippen molar-refractivity contribution in [3.63, 3.8) is 0 Å². The average molecular weight is 268 g/mol. The first-order valence-electron chi connectivity index (χ1n) is 7.34. The summed E-state index contributed by atoms with van der Waals surface area (Å²) in [7, 11) is 0. The standard InChI is InChI=1S/C14H24N2O3/c1-10-5-7-16(8-6-10)14(19)15-12-4-2-3-11(9-12)13(17)18/h10-12H,2-9H2,1H3,(H,15,19)(H,17,18). The minimum absolute atomic E-state index is 0.0112. The van der Waals surface area contributed by atoms with E-state index < -0.39 is 5.97 Å². The third-order valence-electron chi connectivity index (χ3n) is 4.42. The second-order valence-corrected chi connectivity index (χ2v) is 6.02. The third-order valence-corrected chi connectivity index (χ3v) is 4.42. The Hall–Kier alpha value is -1.26. The Morgan fingerprint density at radius 1 is 1.16 bits per heavy atom. The largest absolute Gasteiger partial charge is 0.481 e. The molecule has 1 saturated carbocycles. The maximum absolute atomic E-state index is 12.1. The number of amides is 2. The highest BCUT2D eigenvalue weighted by molar-refractivity contribution is 5.75. The van der Waals surface area contributed by atoms with Crippen LogP contribution in [0.1, 0.15) is 45.4 Å². The number of hydrogen-bond acceptors (Lipinski definition) is 2. The molecule has 2 aliphatic rings. The van der Waals surface area contributed by atoms with Gasteiger partial charge in [0.1, 0.15) is 0 Å². The lowest BCUT2D eigenvalue weighted by Gasteiger charge is -2.33. The van der Waals surface area contributed by atoms with Gasteiger partial charge in [0.15, 0.2) is 0 Å². The van der Waals surface area contributed by atoms with Crippen molar-refractivity contribution >= 4 is 12.0 Å². The van der Waals surface area contributed by atoms with Gasteiger partial charge in [0.25, 0.3) is 0 Å². The van der Waals surface area contributed by atoms with Crippen molar-refractivity contribution in [1.29, 1.82) is 0 Å². The first kappa shape index (κ1) is 14.2. The first-order valence-corrected chi connectivity index (χ1v) is 7.34. The molecule has 2 amide bonds. The molecular formula is C14H24N2O3. The van der Waals surface area contributed by atoms with E-state index in [1.54, 1.807) is 0 Å². The number of hydrogen-bond donors (Lipinski definition) is 2. The third kappa shape index (κ3) is 3.85. The second-order valence-electron chi connectivity index (χ2n) is 6.02. The molecule has 19 heavy (non-hydrogen) atoms. The molecular weight excluding hydrogens is 244 g/mol. The number of carbonyl (C=O) groups excluding carboxylic acids is 1. The van der Waals surface area contributed by atoms with Crippen LogP contribution < -0.4 is 5.32 Å². The van der Waals surface area contributed by atoms with Crippen LogP contribution >= 0.6 is 0 Å². The van der Waals surface area contributed by atoms with Crippen LogP contribution in [0.4, 0.5) is 4.79 Å². The van der Waals surface area contributed by atoms with Gasteiger partial charge in [0, 0.05) is 19.1 Å². The van der Waals surface area contributed by atoms with E-state index in [4.69, 9.17) is 5.11 Å². The van der Waals surface area contributed by atoms with Gasteiger partial charge in [0.05, 0.1) is 5.92 Å². The smallest absolute Gasteiger partial charge is 0.317 e. The molecule has 108 valence electrons. The van der Waals surface area contributed by atoms with Crippen LogP contribution in [0.2, 0.25) is 0 Å². The van der Waals surface area contributed by atoms with Crippen LogP contribution in [0.25, 0.3) is 0 Å². The Kier molecular flexibility index (Phi) is 4.66. The van der Waals surface area contributed by atoms with Crippen LogP contribution in [-0.2, 0) is 4.79 Å². The number of aliphatic carboxylic acids is 1. The van der Waals surface area contributed by atoms with Crippen molar-refractivity contribution in [2.24, 2.45) is 11.8 Å². The summed E-state index contributed by atoms with van der Waals surface area (Å²) in [5, 5.41) is 12.1. The minimum Gasteiger partial charge on any atom is -0.481 e. The van der Waals surface area contributed by atoms with Crippen LogP contribution in [0, 0.1) is 11.8 Å². The summed E-state index contributed by atoms with van der Waals surface area (Å²) in [5.41, 5.74) is 0. The Balaban J connectivity index is 1.80. The highest BCUT2D eigenvalue weighted by Crippen LogP contribution is 2.25. The number of rotatable bonds is 2. The molecule has 2 rings (SSSR count). The lowest BCUT2D eigenvalue weighted by atomic mass is 9.86. The predicted molar refractivity (Wildman–Crippen MR) is 71.9 cm³/mol. The fraction of sp³-hybridized carbons (Fsp3) is 0.857. The zero-order valence-electron chi connectivity index (χ0n) is 11.6. The van der Waals surface area contributed by atoms with Gasteiger partial charge in [-0.15, -0.1) is 0 Å². The number of carboxylic acids is 1. The molecule has 0 aromatic heterocycles. The zero-order chi connectivity index (χ0) is 13.8. The molecule has 1 aliphatic carbocycles. The van der Waals surface area contributed by atoms with Gasteiger partial charge >= 0.3 is 12.0 Å². The Morgan fingerprint density at radius 3 is 2.47 bits per heavy atom. The van der Waals surface area contributed by atoms with Gasteiger partial charge in [-0.25, -0.2) is 4.79 Å². The van der Waals surface area contributed by atoms with E-state index in [0.29, 0.717) is 12.3 Å². The summed E-state index contributed by atoms with van der Waals surface area (Å²) in [4.78, 5) is 25.0. The number of carbonyl (C=O) groups is 2. The Morgan fingerprint density at radius 2 is 1.84 bits per heavy atom. The predicted octanol–water partition coefficient (Wildman–Crippen LogP) is 2.07. The van der Waals surface area contributed by atoms with Gasteiger partial charge in [-0.2, -0.15) is 0 Å². The zero-order valence-corrected chi connectivity index (χ0v) is 11.6. The molecule has 0 radical (unpaired) electrons. The highest BCUT2D eigenvalue weighted by Gasteiger charge is 2.29. The van der Waals surface area contributed by atoms with E-state index in [9.17, 15) is 9.59 Å². The molecule has 5 heteroatoms. The molecule has 1 heterocycles. The molecule has 2 fully saturated rings. The normalized spacial score (nSPS) is 29.0. The average Bonchev–Trinajstić information content (AvgIpc) is 2.39. The number of nitrogens with zero attached hydrogens (tertiary/aromatic N) is 1. The molecule has 2 atom stereocenters. The van der Waals surface area contributed by atoms with E-state index in [0.717, 1.165) is 45.2 Å². The van der Waals surface area contributed by atoms with Crippen molar-refractivity contribution in [3.05, 3.63) is 0 Å². The molecule has 0 aromatic carbocycles. The van der Waals surface area contributed by atoms with Gasteiger partial charge in [0.2, 0.25) is 0 Å². The van der Waals surface area contributed by atoms with E-state index in [2.05, 4.69) is 12.2 Å². The van der Waals surface area contributed by atoms with Crippen LogP contribution in [0.3, 0.4) is 0 Å². The second kappa shape index (κ2) is 6.26. The van der Waals surface area contributed by atoms with Crippen molar-refractivity contribution < 1.29 is 14.7 Å². The fourth-order valence-electron chi connectivity index (χ4n) is 3.02. The lowest BCUT2D eigenvalue weighted by Crippen LogP contribution is -2.49. The highest BCUT2D eigenvalue weighted by atomic mass is 16.4. The quantitative estimate of drug-likeness (QED) is 0.805. The van der Waals surface area contributed by atoms with Gasteiger partial charge in [-0.05, 0) is 38.0 Å². The molecule has 1 aliphatic heterocycles. The first-order chi connectivity index (χ1) is 9.06. The Bertz CT molecular complexity index is 338. The fourth-order valence-corrected chi connectivity index (χ4v) is 3.02. The number of carboxylic acid groups (broad SMARTS) is 1. The van der Waals surface area contributed by atoms with Crippen LogP contribution in [0.15, 0.2) is 0 Å². The summed E-state index contributed by atoms with van der Waals surface area (Å²) < 4.78 is 0. The Labute approximate surface area is 114 Å². The maximum atomic E-state index is 12.1. The summed E-state index contributed by atoms with van der Waals surface area (Å²) in [5.74, 6) is -0.318. The molecule has 5 nitrogen and oxygen atoms in total. The van der Waals surface area contributed by atoms with E-state index >= 15 is 0 Å². The van der Waals surface area contributed by atoms with Crippen molar-refractivity contribution in [1.82, 2.24) is 10.2 Å². The van der Waals surface area contributed by atoms with Gasteiger partial charge < -0.3 is 15.3 Å². The summed E-state index contributed by atoms with van der Waals surface area (Å²) >= 11 is 0. The molecule has 0 bridgehead atoms. The van der Waals surface area contributed by atoms with Crippen molar-refractivity contribution in [2.75, 3.05) is 13.1 Å². The maximum Gasteiger partial charge on any atom is 0.317 e. The lowest BCUT2D eigenvalue weighted by molar-refractivity contribution is -0.143. The minimum atomic E-state index is -0.731. The number of likely N-dealkylation sites (tertiary alicyclic amines) is 1. The van der Waals surface area contributed by atoms with Crippen molar-refractivity contribution in [2.45, 2.75) is 51.5 Å². The molecule has 1 saturated heterocycles. The van der Waals surface area contributed by atoms with Crippen LogP contribution in [-0.4, -0.2) is 41.1 Å². The molecule has 2 unspecified atom stereocenters. The monoisotopic (exact) mass is 268 g/mol. The van der Waals surface area contributed by atoms with Crippen LogP contribution in [0.5, 0.6) is 0 Å². The topological polar surface area (TPSA) is 69.6 Å².